The molecule has 1 aromatic rings. The van der Waals surface area contributed by atoms with Crippen molar-refractivity contribution in [2.45, 2.75) is 33.3 Å². The normalized spacial score (nSPS) is 11.6. The molecule has 0 fully saturated rings. The lowest BCUT2D eigenvalue weighted by Gasteiger charge is -2.18. The number of nitrogens with zero attached hydrogens (tertiary/aromatic N) is 1. The Morgan fingerprint density at radius 3 is 2.72 bits per heavy atom. The Morgan fingerprint density at radius 1 is 1.44 bits per heavy atom. The van der Waals surface area contributed by atoms with Gasteiger partial charge in [0.25, 0.3) is 0 Å². The summed E-state index contributed by atoms with van der Waals surface area (Å²) in [5.41, 5.74) is 2.95. The Morgan fingerprint density at radius 2 is 2.11 bits per heavy atom. The van der Waals surface area contributed by atoms with Crippen molar-refractivity contribution in [3.05, 3.63) is 29.3 Å². The van der Waals surface area contributed by atoms with Crippen LogP contribution in [0.5, 0.6) is 5.75 Å². The van der Waals surface area contributed by atoms with E-state index in [1.165, 1.54) is 6.21 Å². The number of carbonyl (C=O) groups excluding carboxylic acids is 1. The van der Waals surface area contributed by atoms with Crippen LogP contribution < -0.4 is 5.43 Å². The van der Waals surface area contributed by atoms with Gasteiger partial charge in [-0.25, -0.2) is 10.2 Å². The number of carbonyl (C=O) groups is 1. The number of para-hydroxylation sites is 1. The fourth-order valence-electron chi connectivity index (χ4n) is 1.24. The maximum Gasteiger partial charge on any atom is 0.428 e. The predicted molar refractivity (Wildman–Crippen MR) is 69.8 cm³/mol. The number of hydrazone groups is 1. The number of rotatable bonds is 2. The molecule has 0 aromatic heterocycles. The van der Waals surface area contributed by atoms with Gasteiger partial charge in [0.1, 0.15) is 11.4 Å². The molecule has 1 aromatic carbocycles. The summed E-state index contributed by atoms with van der Waals surface area (Å²) < 4.78 is 5.00. The summed E-state index contributed by atoms with van der Waals surface area (Å²) >= 11 is 0. The summed E-state index contributed by atoms with van der Waals surface area (Å²) in [5, 5.41) is 13.4. The Labute approximate surface area is 106 Å². The van der Waals surface area contributed by atoms with E-state index in [1.807, 2.05) is 0 Å². The van der Waals surface area contributed by atoms with Crippen LogP contribution in [-0.2, 0) is 4.74 Å². The lowest BCUT2D eigenvalue weighted by molar-refractivity contribution is 0.0529. The van der Waals surface area contributed by atoms with Gasteiger partial charge in [0.15, 0.2) is 0 Å². The SMILES string of the molecule is Cc1cccc(C=NNC(=O)OC(C)(C)C)c1O. The van der Waals surface area contributed by atoms with E-state index in [-0.39, 0.29) is 5.75 Å². The standard InChI is InChI=1S/C13H18N2O3/c1-9-6-5-7-10(11(9)16)8-14-15-12(17)18-13(2,3)4/h5-8,16H,1-4H3,(H,15,17). The summed E-state index contributed by atoms with van der Waals surface area (Å²) in [6.07, 6.45) is 0.734. The largest absolute Gasteiger partial charge is 0.507 e. The molecule has 0 atom stereocenters. The second kappa shape index (κ2) is 5.53. The zero-order valence-electron chi connectivity index (χ0n) is 11.0. The highest BCUT2D eigenvalue weighted by Crippen LogP contribution is 2.19. The van der Waals surface area contributed by atoms with Crippen molar-refractivity contribution in [2.75, 3.05) is 0 Å². The molecule has 18 heavy (non-hydrogen) atoms. The van der Waals surface area contributed by atoms with Crippen LogP contribution in [0.4, 0.5) is 4.79 Å². The number of nitrogens with one attached hydrogen (secondary N) is 1. The highest BCUT2D eigenvalue weighted by atomic mass is 16.6. The molecule has 0 aliphatic rings. The van der Waals surface area contributed by atoms with Crippen LogP contribution in [0, 0.1) is 6.92 Å². The van der Waals surface area contributed by atoms with Crippen molar-refractivity contribution in [1.82, 2.24) is 5.43 Å². The number of amides is 1. The summed E-state index contributed by atoms with van der Waals surface area (Å²) in [6.45, 7) is 7.09. The number of phenolic OH excluding ortho intramolecular Hbond substituents is 1. The van der Waals surface area contributed by atoms with E-state index in [0.29, 0.717) is 5.56 Å². The van der Waals surface area contributed by atoms with Gasteiger partial charge in [0.05, 0.1) is 6.21 Å². The molecular formula is C13H18N2O3. The Bertz CT molecular complexity index is 462. The van der Waals surface area contributed by atoms with Crippen molar-refractivity contribution in [1.29, 1.82) is 0 Å². The van der Waals surface area contributed by atoms with Gasteiger partial charge in [0, 0.05) is 5.56 Å². The molecule has 0 unspecified atom stereocenters. The maximum absolute atomic E-state index is 11.3. The van der Waals surface area contributed by atoms with Crippen molar-refractivity contribution < 1.29 is 14.6 Å². The average Bonchev–Trinajstić information content (AvgIpc) is 2.21. The lowest BCUT2D eigenvalue weighted by atomic mass is 10.1. The Balaban J connectivity index is 2.61. The highest BCUT2D eigenvalue weighted by Gasteiger charge is 2.15. The predicted octanol–water partition coefficient (Wildman–Crippen LogP) is 2.56. The molecule has 98 valence electrons. The highest BCUT2D eigenvalue weighted by molar-refractivity contribution is 5.84. The molecule has 5 heteroatoms. The number of phenols is 1. The van der Waals surface area contributed by atoms with E-state index < -0.39 is 11.7 Å². The van der Waals surface area contributed by atoms with Gasteiger partial charge in [0.2, 0.25) is 0 Å². The minimum Gasteiger partial charge on any atom is -0.507 e. The van der Waals surface area contributed by atoms with E-state index in [2.05, 4.69) is 10.5 Å². The van der Waals surface area contributed by atoms with Crippen LogP contribution in [0.15, 0.2) is 23.3 Å². The zero-order valence-corrected chi connectivity index (χ0v) is 11.0. The number of ether oxygens (including phenoxy) is 1. The van der Waals surface area contributed by atoms with Gasteiger partial charge in [-0.1, -0.05) is 12.1 Å². The van der Waals surface area contributed by atoms with Crippen molar-refractivity contribution in [3.63, 3.8) is 0 Å². The Kier molecular flexibility index (Phi) is 4.31. The van der Waals surface area contributed by atoms with Crippen LogP contribution in [0.3, 0.4) is 0 Å². The molecular weight excluding hydrogens is 232 g/mol. The molecule has 0 bridgehead atoms. The Hall–Kier alpha value is -2.04. The first kappa shape index (κ1) is 14.0. The number of aromatic hydroxyl groups is 1. The molecule has 0 spiro atoms. The van der Waals surface area contributed by atoms with Crippen molar-refractivity contribution in [2.24, 2.45) is 5.10 Å². The third-order valence-corrected chi connectivity index (χ3v) is 2.03. The van der Waals surface area contributed by atoms with Crippen LogP contribution in [0.2, 0.25) is 0 Å². The van der Waals surface area contributed by atoms with E-state index >= 15 is 0 Å². The first-order valence-electron chi connectivity index (χ1n) is 5.60. The number of hydrogen-bond donors (Lipinski definition) is 2. The third kappa shape index (κ3) is 4.45. The maximum atomic E-state index is 11.3. The quantitative estimate of drug-likeness (QED) is 0.626. The van der Waals surface area contributed by atoms with Gasteiger partial charge in [-0.3, -0.25) is 0 Å². The van der Waals surface area contributed by atoms with E-state index in [0.717, 1.165) is 5.56 Å². The van der Waals surface area contributed by atoms with Crippen molar-refractivity contribution in [3.8, 4) is 5.75 Å². The van der Waals surface area contributed by atoms with Crippen LogP contribution >= 0.6 is 0 Å². The average molecular weight is 250 g/mol. The molecule has 2 N–H and O–H groups in total. The number of aryl methyl sites for hydroxylation is 1. The second-order valence-electron chi connectivity index (χ2n) is 4.88. The van der Waals surface area contributed by atoms with Gasteiger partial charge in [-0.15, -0.1) is 0 Å². The first-order valence-corrected chi connectivity index (χ1v) is 5.60. The molecule has 0 aliphatic heterocycles. The molecule has 0 aliphatic carbocycles. The van der Waals surface area contributed by atoms with Crippen LogP contribution in [0.25, 0.3) is 0 Å². The summed E-state index contributed by atoms with van der Waals surface area (Å²) in [4.78, 5) is 11.3. The van der Waals surface area contributed by atoms with E-state index in [4.69, 9.17) is 4.74 Å². The minimum atomic E-state index is -0.633. The molecule has 0 radical (unpaired) electrons. The van der Waals surface area contributed by atoms with E-state index in [1.54, 1.807) is 45.9 Å². The van der Waals surface area contributed by atoms with Gasteiger partial charge >= 0.3 is 6.09 Å². The number of hydrogen-bond acceptors (Lipinski definition) is 4. The number of benzene rings is 1. The topological polar surface area (TPSA) is 70.9 Å². The van der Waals surface area contributed by atoms with Crippen molar-refractivity contribution >= 4 is 12.3 Å². The molecule has 1 amide bonds. The van der Waals surface area contributed by atoms with Crippen LogP contribution in [0.1, 0.15) is 31.9 Å². The molecule has 0 heterocycles. The fraction of sp³-hybridized carbons (Fsp3) is 0.385. The fourth-order valence-corrected chi connectivity index (χ4v) is 1.24. The molecule has 0 saturated heterocycles. The lowest BCUT2D eigenvalue weighted by Crippen LogP contribution is -2.29. The molecule has 0 saturated carbocycles. The first-order chi connectivity index (χ1) is 8.29. The van der Waals surface area contributed by atoms with Crippen LogP contribution in [-0.4, -0.2) is 23.0 Å². The molecule has 1 rings (SSSR count). The summed E-state index contributed by atoms with van der Waals surface area (Å²) in [6, 6.07) is 5.28. The van der Waals surface area contributed by atoms with Gasteiger partial charge in [-0.2, -0.15) is 5.10 Å². The van der Waals surface area contributed by atoms with E-state index in [9.17, 15) is 9.90 Å². The smallest absolute Gasteiger partial charge is 0.428 e. The summed E-state index contributed by atoms with van der Waals surface area (Å²) in [5.74, 6) is 0.146. The monoisotopic (exact) mass is 250 g/mol. The second-order valence-corrected chi connectivity index (χ2v) is 4.88. The summed E-state index contributed by atoms with van der Waals surface area (Å²) in [7, 11) is 0. The third-order valence-electron chi connectivity index (χ3n) is 2.03. The van der Waals surface area contributed by atoms with Gasteiger partial charge in [-0.05, 0) is 39.3 Å². The minimum absolute atomic E-state index is 0.146. The zero-order chi connectivity index (χ0) is 13.8. The molecule has 5 nitrogen and oxygen atoms in total. The van der Waals surface area contributed by atoms with Gasteiger partial charge < -0.3 is 9.84 Å².